The minimum atomic E-state index is -4.65. The number of aromatic nitrogens is 5. The van der Waals surface area contributed by atoms with Crippen molar-refractivity contribution >= 4 is 20.9 Å². The zero-order valence-corrected chi connectivity index (χ0v) is 13.0. The third-order valence-corrected chi connectivity index (χ3v) is 4.98. The molecule has 0 bridgehead atoms. The van der Waals surface area contributed by atoms with Crippen LogP contribution in [0.1, 0.15) is 12.6 Å². The summed E-state index contributed by atoms with van der Waals surface area (Å²) in [6, 6.07) is 3.56. The highest BCUT2D eigenvalue weighted by Gasteiger charge is 2.33. The lowest BCUT2D eigenvalue weighted by Gasteiger charge is -2.07. The summed E-state index contributed by atoms with van der Waals surface area (Å²) in [7, 11) is -3.59. The van der Waals surface area contributed by atoms with Gasteiger partial charge >= 0.3 is 6.18 Å². The number of hydrogen-bond donors (Lipinski definition) is 0. The molecule has 0 spiro atoms. The number of sulfone groups is 1. The maximum absolute atomic E-state index is 12.7. The van der Waals surface area contributed by atoms with E-state index in [4.69, 9.17) is 0 Å². The molecule has 0 atom stereocenters. The number of fused-ring (bicyclic) bond motifs is 1. The Labute approximate surface area is 134 Å². The normalized spacial score (nSPS) is 12.7. The molecule has 0 aliphatic carbocycles. The summed E-state index contributed by atoms with van der Waals surface area (Å²) in [6.07, 6.45) is -2.00. The van der Waals surface area contributed by atoms with Gasteiger partial charge in [0.1, 0.15) is 15.9 Å². The molecule has 3 heterocycles. The zero-order chi connectivity index (χ0) is 17.5. The van der Waals surface area contributed by atoms with Crippen molar-refractivity contribution in [2.75, 3.05) is 5.75 Å². The Hall–Kier alpha value is -2.56. The summed E-state index contributed by atoms with van der Waals surface area (Å²) >= 11 is 0. The average molecular weight is 357 g/mol. The van der Waals surface area contributed by atoms with E-state index in [-0.39, 0.29) is 27.5 Å². The number of nitrogens with zero attached hydrogens (tertiary/aromatic N) is 5. The fourth-order valence-corrected chi connectivity index (χ4v) is 3.04. The lowest BCUT2D eigenvalue weighted by Crippen LogP contribution is -2.10. The van der Waals surface area contributed by atoms with E-state index >= 15 is 0 Å². The minimum absolute atomic E-state index is 0.00842. The Morgan fingerprint density at radius 2 is 1.96 bits per heavy atom. The lowest BCUT2D eigenvalue weighted by molar-refractivity contribution is -0.141. The quantitative estimate of drug-likeness (QED) is 0.712. The van der Waals surface area contributed by atoms with Gasteiger partial charge in [0.15, 0.2) is 21.3 Å². The smallest absolute Gasteiger partial charge is 0.236 e. The van der Waals surface area contributed by atoms with Crippen molar-refractivity contribution in [3.05, 3.63) is 36.3 Å². The molecule has 0 amide bonds. The molecule has 24 heavy (non-hydrogen) atoms. The molecule has 3 rings (SSSR count). The highest BCUT2D eigenvalue weighted by Crippen LogP contribution is 2.28. The first-order valence-corrected chi connectivity index (χ1v) is 8.36. The Morgan fingerprint density at radius 3 is 2.62 bits per heavy atom. The molecule has 126 valence electrons. The van der Waals surface area contributed by atoms with Crippen LogP contribution in [0.2, 0.25) is 0 Å². The van der Waals surface area contributed by atoms with Gasteiger partial charge in [-0.05, 0) is 12.1 Å². The van der Waals surface area contributed by atoms with Crippen LogP contribution in [0.3, 0.4) is 0 Å². The van der Waals surface area contributed by atoms with Crippen molar-refractivity contribution in [1.29, 1.82) is 0 Å². The van der Waals surface area contributed by atoms with Gasteiger partial charge in [0.25, 0.3) is 0 Å². The van der Waals surface area contributed by atoms with E-state index in [9.17, 15) is 21.6 Å². The van der Waals surface area contributed by atoms with Gasteiger partial charge < -0.3 is 0 Å². The summed E-state index contributed by atoms with van der Waals surface area (Å²) in [5.41, 5.74) is -1.15. The lowest BCUT2D eigenvalue weighted by atomic mass is 10.3. The highest BCUT2D eigenvalue weighted by molar-refractivity contribution is 7.91. The van der Waals surface area contributed by atoms with E-state index in [1.807, 2.05) is 0 Å². The number of halogens is 3. The molecule has 0 saturated heterocycles. The Morgan fingerprint density at radius 1 is 1.21 bits per heavy atom. The molecule has 11 heteroatoms. The molecule has 0 unspecified atom stereocenters. The van der Waals surface area contributed by atoms with Crippen LogP contribution in [-0.4, -0.2) is 39.1 Å². The summed E-state index contributed by atoms with van der Waals surface area (Å²) in [6.45, 7) is 1.48. The van der Waals surface area contributed by atoms with Crippen LogP contribution >= 0.6 is 0 Å². The maximum atomic E-state index is 12.7. The van der Waals surface area contributed by atoms with E-state index < -0.39 is 21.7 Å². The van der Waals surface area contributed by atoms with Gasteiger partial charge in [-0.15, -0.1) is 10.2 Å². The molecule has 0 radical (unpaired) electrons. The van der Waals surface area contributed by atoms with Crippen molar-refractivity contribution in [3.63, 3.8) is 0 Å². The molecule has 7 nitrogen and oxygen atoms in total. The summed E-state index contributed by atoms with van der Waals surface area (Å²) in [5, 5.41) is 10.5. The minimum Gasteiger partial charge on any atom is -0.236 e. The van der Waals surface area contributed by atoms with Crippen LogP contribution in [-0.2, 0) is 16.0 Å². The van der Waals surface area contributed by atoms with Crippen LogP contribution in [0.15, 0.2) is 35.5 Å². The number of pyridine rings is 1. The standard InChI is InChI=1S/C13H10F3N5O2S/c1-2-24(22,23)10-4-3-5-17-12(10)21-7-9-8(20-21)6-11(19-18-9)13(14,15)16/h3-7H,2H2,1H3. The molecule has 0 aromatic carbocycles. The van der Waals surface area contributed by atoms with Gasteiger partial charge in [0.2, 0.25) is 0 Å². The molecular formula is C13H10F3N5O2S. The second kappa shape index (κ2) is 5.51. The maximum Gasteiger partial charge on any atom is 0.435 e. The van der Waals surface area contributed by atoms with E-state index in [0.29, 0.717) is 0 Å². The van der Waals surface area contributed by atoms with Gasteiger partial charge in [-0.2, -0.15) is 18.3 Å². The van der Waals surface area contributed by atoms with Gasteiger partial charge in [-0.3, -0.25) is 0 Å². The second-order valence-electron chi connectivity index (χ2n) is 4.80. The third kappa shape index (κ3) is 2.82. The van der Waals surface area contributed by atoms with E-state index in [1.54, 1.807) is 0 Å². The Bertz CT molecular complexity index is 1010. The predicted molar refractivity (Wildman–Crippen MR) is 77.2 cm³/mol. The summed E-state index contributed by atoms with van der Waals surface area (Å²) in [4.78, 5) is 3.92. The van der Waals surface area contributed by atoms with E-state index in [2.05, 4.69) is 20.3 Å². The van der Waals surface area contributed by atoms with Crippen molar-refractivity contribution in [3.8, 4) is 5.82 Å². The summed E-state index contributed by atoms with van der Waals surface area (Å²) < 4.78 is 63.4. The molecule has 0 saturated carbocycles. The number of alkyl halides is 3. The topological polar surface area (TPSA) is 90.6 Å². The Balaban J connectivity index is 2.18. The third-order valence-electron chi connectivity index (χ3n) is 3.23. The predicted octanol–water partition coefficient (Wildman–Crippen LogP) is 2.02. The first-order chi connectivity index (χ1) is 11.2. The van der Waals surface area contributed by atoms with Crippen LogP contribution in [0, 0.1) is 0 Å². The van der Waals surface area contributed by atoms with Crippen LogP contribution in [0.25, 0.3) is 16.9 Å². The van der Waals surface area contributed by atoms with Gasteiger partial charge in [0.05, 0.1) is 11.9 Å². The van der Waals surface area contributed by atoms with Gasteiger partial charge in [-0.25, -0.2) is 18.1 Å². The second-order valence-corrected chi connectivity index (χ2v) is 7.05. The van der Waals surface area contributed by atoms with Crippen LogP contribution in [0.5, 0.6) is 0 Å². The molecule has 0 N–H and O–H groups in total. The first kappa shape index (κ1) is 16.3. The van der Waals surface area contributed by atoms with Crippen molar-refractivity contribution < 1.29 is 21.6 Å². The molecular weight excluding hydrogens is 347 g/mol. The SMILES string of the molecule is CCS(=O)(=O)c1cccnc1-n1cc2nnc(C(F)(F)F)cc2n1. The molecule has 0 fully saturated rings. The van der Waals surface area contributed by atoms with Crippen molar-refractivity contribution in [2.24, 2.45) is 0 Å². The fraction of sp³-hybridized carbons (Fsp3) is 0.231. The molecule has 3 aromatic heterocycles. The molecule has 3 aromatic rings. The largest absolute Gasteiger partial charge is 0.435 e. The number of rotatable bonds is 3. The first-order valence-electron chi connectivity index (χ1n) is 6.71. The zero-order valence-electron chi connectivity index (χ0n) is 12.2. The Kier molecular flexibility index (Phi) is 3.74. The van der Waals surface area contributed by atoms with Gasteiger partial charge in [0, 0.05) is 12.3 Å². The van der Waals surface area contributed by atoms with Gasteiger partial charge in [-0.1, -0.05) is 6.92 Å². The average Bonchev–Trinajstić information content (AvgIpc) is 2.97. The van der Waals surface area contributed by atoms with Crippen molar-refractivity contribution in [1.82, 2.24) is 25.0 Å². The molecule has 0 aliphatic heterocycles. The summed E-state index contributed by atoms with van der Waals surface area (Å²) in [5.74, 6) is -0.157. The van der Waals surface area contributed by atoms with Crippen molar-refractivity contribution in [2.45, 2.75) is 18.0 Å². The molecule has 0 aliphatic rings. The fourth-order valence-electron chi connectivity index (χ4n) is 2.02. The highest BCUT2D eigenvalue weighted by atomic mass is 32.2. The van der Waals surface area contributed by atoms with E-state index in [0.717, 1.165) is 10.7 Å². The number of hydrogen-bond acceptors (Lipinski definition) is 6. The van der Waals surface area contributed by atoms with Crippen LogP contribution in [0.4, 0.5) is 13.2 Å². The van der Waals surface area contributed by atoms with E-state index in [1.165, 1.54) is 31.5 Å². The van der Waals surface area contributed by atoms with Crippen LogP contribution < -0.4 is 0 Å². The monoisotopic (exact) mass is 357 g/mol.